The van der Waals surface area contributed by atoms with E-state index < -0.39 is 0 Å². The lowest BCUT2D eigenvalue weighted by atomic mass is 9.92. The Morgan fingerprint density at radius 2 is 0.885 bits per heavy atom. The van der Waals surface area contributed by atoms with E-state index >= 15 is 0 Å². The van der Waals surface area contributed by atoms with Gasteiger partial charge in [0.1, 0.15) is 12.1 Å². The molecule has 2 atom stereocenters. The molecule has 2 aromatic rings. The lowest BCUT2D eigenvalue weighted by molar-refractivity contribution is 0.544. The van der Waals surface area contributed by atoms with Gasteiger partial charge < -0.3 is 0 Å². The molecule has 0 bridgehead atoms. The summed E-state index contributed by atoms with van der Waals surface area (Å²) in [7, 11) is 0. The summed E-state index contributed by atoms with van der Waals surface area (Å²) in [6, 6.07) is 20.9. The lowest BCUT2D eigenvalue weighted by Crippen LogP contribution is -2.14. The van der Waals surface area contributed by atoms with Gasteiger partial charge in [-0.3, -0.25) is 9.98 Å². The number of aliphatic imine (C=N–C) groups is 2. The van der Waals surface area contributed by atoms with E-state index in [9.17, 15) is 0 Å². The van der Waals surface area contributed by atoms with Crippen LogP contribution in [0.5, 0.6) is 0 Å². The third kappa shape index (κ3) is 6.59. The largest absolute Gasteiger partial charge is 0.286 e. The smallest absolute Gasteiger partial charge is 0.101 e. The van der Waals surface area contributed by atoms with E-state index in [4.69, 9.17) is 9.98 Å². The normalized spacial score (nSPS) is 15.5. The molecule has 0 fully saturated rings. The number of nitrogens with zero attached hydrogens (tertiary/aromatic N) is 2. The highest BCUT2D eigenvalue weighted by molar-refractivity contribution is 5.66. The van der Waals surface area contributed by atoms with E-state index in [1.165, 1.54) is 11.1 Å². The average molecular weight is 349 g/mol. The molecule has 0 radical (unpaired) electrons. The quantitative estimate of drug-likeness (QED) is 0.537. The Hall–Kier alpha value is -2.22. The summed E-state index contributed by atoms with van der Waals surface area (Å²) in [5.74, 6) is 0. The van der Waals surface area contributed by atoms with E-state index in [2.05, 4.69) is 103 Å². The highest BCUT2D eigenvalue weighted by Crippen LogP contribution is 2.36. The second-order valence-corrected chi connectivity index (χ2v) is 9.00. The average Bonchev–Trinajstić information content (AvgIpc) is 2.57. The van der Waals surface area contributed by atoms with E-state index in [0.29, 0.717) is 0 Å². The molecule has 2 aromatic carbocycles. The van der Waals surface area contributed by atoms with E-state index in [1.807, 2.05) is 12.1 Å². The Kier molecular flexibility index (Phi) is 6.52. The van der Waals surface area contributed by atoms with Crippen molar-refractivity contribution in [3.63, 3.8) is 0 Å². The fourth-order valence-electron chi connectivity index (χ4n) is 2.61. The molecule has 0 spiro atoms. The summed E-state index contributed by atoms with van der Waals surface area (Å²) in [4.78, 5) is 10.0. The first-order valence-electron chi connectivity index (χ1n) is 9.34. The van der Waals surface area contributed by atoms with Crippen LogP contribution in [0.3, 0.4) is 0 Å². The van der Waals surface area contributed by atoms with E-state index in [-0.39, 0.29) is 22.9 Å². The molecule has 138 valence electrons. The Morgan fingerprint density at radius 3 is 1.15 bits per heavy atom. The third-order valence-electron chi connectivity index (χ3n) is 3.83. The van der Waals surface area contributed by atoms with Crippen molar-refractivity contribution in [3.05, 3.63) is 71.8 Å². The minimum absolute atomic E-state index is 0.0298. The van der Waals surface area contributed by atoms with Crippen LogP contribution < -0.4 is 0 Å². The van der Waals surface area contributed by atoms with Crippen molar-refractivity contribution in [2.75, 3.05) is 0 Å². The van der Waals surface area contributed by atoms with Gasteiger partial charge >= 0.3 is 0 Å². The maximum atomic E-state index is 5.00. The highest BCUT2D eigenvalue weighted by Gasteiger charge is 2.24. The summed E-state index contributed by atoms with van der Waals surface area (Å²) in [6.45, 7) is 13.1. The van der Waals surface area contributed by atoms with Gasteiger partial charge in [0, 0.05) is 12.4 Å². The molecule has 0 saturated heterocycles. The van der Waals surface area contributed by atoms with Crippen LogP contribution in [-0.2, 0) is 0 Å². The summed E-state index contributed by atoms with van der Waals surface area (Å²) < 4.78 is 0. The predicted octanol–water partition coefficient (Wildman–Crippen LogP) is 6.70. The predicted molar refractivity (Wildman–Crippen MR) is 114 cm³/mol. The van der Waals surface area contributed by atoms with Gasteiger partial charge in [-0.15, -0.1) is 0 Å². The van der Waals surface area contributed by atoms with Gasteiger partial charge in [-0.25, -0.2) is 0 Å². The van der Waals surface area contributed by atoms with Gasteiger partial charge in [0.25, 0.3) is 0 Å². The van der Waals surface area contributed by atoms with Crippen molar-refractivity contribution in [2.45, 2.75) is 53.6 Å². The van der Waals surface area contributed by atoms with Crippen LogP contribution in [-0.4, -0.2) is 12.4 Å². The van der Waals surface area contributed by atoms with E-state index in [1.54, 1.807) is 0 Å². The standard InChI is InChI=1S/C24H32N2/c1-23(2,3)17-25-21(19-13-9-7-10-14-19)22(26-18-24(4,5)6)20-15-11-8-12-16-20/h7-18,21-22H,1-6H3/b25-17+,26-18+/t21-,22?/m1/s1. The maximum absolute atomic E-state index is 5.00. The molecule has 0 amide bonds. The molecule has 2 rings (SSSR count). The third-order valence-corrected chi connectivity index (χ3v) is 3.83. The Morgan fingerprint density at radius 1 is 0.577 bits per heavy atom. The zero-order chi connectivity index (χ0) is 19.2. The van der Waals surface area contributed by atoms with Gasteiger partial charge in [-0.2, -0.15) is 0 Å². The zero-order valence-corrected chi connectivity index (χ0v) is 17.0. The molecular formula is C24H32N2. The number of rotatable bonds is 5. The number of hydrogen-bond donors (Lipinski definition) is 0. The van der Waals surface area contributed by atoms with Crippen LogP contribution in [0, 0.1) is 10.8 Å². The fraction of sp³-hybridized carbons (Fsp3) is 0.417. The van der Waals surface area contributed by atoms with Crippen molar-refractivity contribution < 1.29 is 0 Å². The summed E-state index contributed by atoms with van der Waals surface area (Å²) in [5, 5.41) is 0. The molecular weight excluding hydrogens is 316 g/mol. The molecule has 0 saturated carbocycles. The van der Waals surface area contributed by atoms with Crippen LogP contribution in [0.4, 0.5) is 0 Å². The van der Waals surface area contributed by atoms with Crippen LogP contribution in [0.15, 0.2) is 70.6 Å². The Labute approximate surface area is 159 Å². The summed E-state index contributed by atoms with van der Waals surface area (Å²) in [6.07, 6.45) is 4.13. The maximum Gasteiger partial charge on any atom is 0.101 e. The molecule has 0 aliphatic heterocycles. The molecule has 0 aliphatic rings. The first kappa shape index (κ1) is 20.1. The molecule has 1 unspecified atom stereocenters. The summed E-state index contributed by atoms with van der Waals surface area (Å²) in [5.41, 5.74) is 2.44. The molecule has 2 nitrogen and oxygen atoms in total. The highest BCUT2D eigenvalue weighted by atomic mass is 14.9. The molecule has 26 heavy (non-hydrogen) atoms. The van der Waals surface area contributed by atoms with Gasteiger partial charge in [0.2, 0.25) is 0 Å². The second kappa shape index (κ2) is 8.44. The molecule has 0 aromatic heterocycles. The van der Waals surface area contributed by atoms with E-state index in [0.717, 1.165) is 0 Å². The Bertz CT molecular complexity index is 651. The first-order valence-corrected chi connectivity index (χ1v) is 9.34. The number of benzene rings is 2. The van der Waals surface area contributed by atoms with Gasteiger partial charge in [0.05, 0.1) is 0 Å². The lowest BCUT2D eigenvalue weighted by Gasteiger charge is -2.24. The van der Waals surface area contributed by atoms with Crippen LogP contribution in [0.25, 0.3) is 0 Å². The molecule has 0 N–H and O–H groups in total. The zero-order valence-electron chi connectivity index (χ0n) is 17.0. The molecule has 0 heterocycles. The monoisotopic (exact) mass is 348 g/mol. The van der Waals surface area contributed by atoms with Crippen molar-refractivity contribution in [3.8, 4) is 0 Å². The van der Waals surface area contributed by atoms with Crippen LogP contribution in [0.2, 0.25) is 0 Å². The van der Waals surface area contributed by atoms with Crippen LogP contribution >= 0.6 is 0 Å². The van der Waals surface area contributed by atoms with Crippen molar-refractivity contribution in [2.24, 2.45) is 20.8 Å². The summed E-state index contributed by atoms with van der Waals surface area (Å²) >= 11 is 0. The van der Waals surface area contributed by atoms with Crippen molar-refractivity contribution in [1.29, 1.82) is 0 Å². The molecule has 0 aliphatic carbocycles. The van der Waals surface area contributed by atoms with Crippen molar-refractivity contribution in [1.82, 2.24) is 0 Å². The fourth-order valence-corrected chi connectivity index (χ4v) is 2.61. The first-order chi connectivity index (χ1) is 12.2. The minimum Gasteiger partial charge on any atom is -0.286 e. The molecule has 2 heteroatoms. The van der Waals surface area contributed by atoms with Gasteiger partial charge in [-0.05, 0) is 22.0 Å². The topological polar surface area (TPSA) is 24.7 Å². The van der Waals surface area contributed by atoms with Gasteiger partial charge in [-0.1, -0.05) is 102 Å². The van der Waals surface area contributed by atoms with Crippen LogP contribution in [0.1, 0.15) is 64.8 Å². The van der Waals surface area contributed by atoms with Crippen molar-refractivity contribution >= 4 is 12.4 Å². The SMILES string of the molecule is CC(C)(C)/C=N/C(c1ccccc1)[C@H](/N=C/C(C)(C)C)c1ccccc1. The minimum atomic E-state index is -0.0450. The number of hydrogen-bond acceptors (Lipinski definition) is 2. The van der Waals surface area contributed by atoms with Gasteiger partial charge in [0.15, 0.2) is 0 Å². The Balaban J connectivity index is 2.53. The second-order valence-electron chi connectivity index (χ2n) is 9.00.